The van der Waals surface area contributed by atoms with Crippen LogP contribution in [-0.4, -0.2) is 25.9 Å². The van der Waals surface area contributed by atoms with Crippen molar-refractivity contribution in [1.29, 1.82) is 0 Å². The molecule has 3 rings (SSSR count). The smallest absolute Gasteiger partial charge is 0.237 e. The van der Waals surface area contributed by atoms with Crippen molar-refractivity contribution >= 4 is 23.4 Å². The Morgan fingerprint density at radius 3 is 2.48 bits per heavy atom. The van der Waals surface area contributed by atoms with Crippen molar-refractivity contribution in [2.24, 2.45) is 5.92 Å². The number of anilines is 1. The SMILES string of the molecule is CC(C)CCn1c(COc2ccccc2)nnc1SC(C)C(=O)Nc1ccc(F)cc1. The number of rotatable bonds is 10. The maximum Gasteiger partial charge on any atom is 0.237 e. The fourth-order valence-corrected chi connectivity index (χ4v) is 3.67. The zero-order valence-electron chi connectivity index (χ0n) is 17.9. The van der Waals surface area contributed by atoms with Crippen molar-refractivity contribution in [3.8, 4) is 5.75 Å². The Morgan fingerprint density at radius 2 is 1.81 bits per heavy atom. The number of hydrogen-bond acceptors (Lipinski definition) is 5. The maximum absolute atomic E-state index is 13.1. The maximum atomic E-state index is 13.1. The third-order valence-electron chi connectivity index (χ3n) is 4.60. The molecule has 1 unspecified atom stereocenters. The Morgan fingerprint density at radius 1 is 1.10 bits per heavy atom. The number of thioether (sulfide) groups is 1. The summed E-state index contributed by atoms with van der Waals surface area (Å²) < 4.78 is 20.9. The number of halogens is 1. The Labute approximate surface area is 186 Å². The first-order chi connectivity index (χ1) is 14.9. The third kappa shape index (κ3) is 6.82. The van der Waals surface area contributed by atoms with Gasteiger partial charge in [0, 0.05) is 12.2 Å². The molecule has 1 heterocycles. The van der Waals surface area contributed by atoms with Gasteiger partial charge in [-0.15, -0.1) is 10.2 Å². The molecule has 31 heavy (non-hydrogen) atoms. The number of nitrogens with zero attached hydrogens (tertiary/aromatic N) is 3. The van der Waals surface area contributed by atoms with Crippen LogP contribution in [0.3, 0.4) is 0 Å². The molecule has 8 heteroatoms. The molecular formula is C23H27FN4O2S. The zero-order valence-corrected chi connectivity index (χ0v) is 18.7. The van der Waals surface area contributed by atoms with Gasteiger partial charge < -0.3 is 14.6 Å². The normalized spacial score (nSPS) is 12.0. The summed E-state index contributed by atoms with van der Waals surface area (Å²) in [7, 11) is 0. The summed E-state index contributed by atoms with van der Waals surface area (Å²) >= 11 is 1.34. The molecule has 0 fully saturated rings. The van der Waals surface area contributed by atoms with Gasteiger partial charge in [-0.05, 0) is 55.7 Å². The van der Waals surface area contributed by atoms with Gasteiger partial charge >= 0.3 is 0 Å². The van der Waals surface area contributed by atoms with Gasteiger partial charge in [0.15, 0.2) is 11.0 Å². The molecule has 1 aromatic heterocycles. The number of amides is 1. The quantitative estimate of drug-likeness (QED) is 0.439. The summed E-state index contributed by atoms with van der Waals surface area (Å²) in [6.45, 7) is 7.18. The number of aromatic nitrogens is 3. The lowest BCUT2D eigenvalue weighted by Gasteiger charge is -2.15. The molecule has 1 atom stereocenters. The first-order valence-corrected chi connectivity index (χ1v) is 11.1. The topological polar surface area (TPSA) is 69.0 Å². The average Bonchev–Trinajstić information content (AvgIpc) is 3.14. The van der Waals surface area contributed by atoms with Crippen molar-refractivity contribution in [2.75, 3.05) is 5.32 Å². The van der Waals surface area contributed by atoms with E-state index in [1.165, 1.54) is 36.0 Å². The van der Waals surface area contributed by atoms with E-state index in [1.54, 1.807) is 0 Å². The molecule has 1 amide bonds. The fourth-order valence-electron chi connectivity index (χ4n) is 2.78. The highest BCUT2D eigenvalue weighted by Gasteiger charge is 2.21. The molecule has 2 aromatic carbocycles. The number of nitrogens with one attached hydrogen (secondary N) is 1. The van der Waals surface area contributed by atoms with Crippen LogP contribution in [0.4, 0.5) is 10.1 Å². The molecule has 3 aromatic rings. The lowest BCUT2D eigenvalue weighted by molar-refractivity contribution is -0.115. The summed E-state index contributed by atoms with van der Waals surface area (Å²) in [5, 5.41) is 11.7. The number of carbonyl (C=O) groups is 1. The molecular weight excluding hydrogens is 415 g/mol. The predicted octanol–water partition coefficient (Wildman–Crippen LogP) is 5.16. The number of hydrogen-bond donors (Lipinski definition) is 1. The molecule has 1 N–H and O–H groups in total. The number of benzene rings is 2. The van der Waals surface area contributed by atoms with E-state index in [4.69, 9.17) is 4.74 Å². The van der Waals surface area contributed by atoms with Crippen LogP contribution in [0.2, 0.25) is 0 Å². The zero-order chi connectivity index (χ0) is 22.2. The van der Waals surface area contributed by atoms with E-state index in [1.807, 2.05) is 41.8 Å². The largest absolute Gasteiger partial charge is 0.486 e. The first-order valence-electron chi connectivity index (χ1n) is 10.3. The second-order valence-electron chi connectivity index (χ2n) is 7.59. The summed E-state index contributed by atoms with van der Waals surface area (Å²) in [4.78, 5) is 12.6. The van der Waals surface area contributed by atoms with Gasteiger partial charge in [-0.25, -0.2) is 4.39 Å². The van der Waals surface area contributed by atoms with E-state index in [0.29, 0.717) is 23.4 Å². The highest BCUT2D eigenvalue weighted by molar-refractivity contribution is 8.00. The Hall–Kier alpha value is -2.87. The summed E-state index contributed by atoms with van der Waals surface area (Å²) in [6.07, 6.45) is 0.958. The summed E-state index contributed by atoms with van der Waals surface area (Å²) in [6, 6.07) is 15.3. The van der Waals surface area contributed by atoms with Crippen LogP contribution >= 0.6 is 11.8 Å². The minimum atomic E-state index is -0.407. The molecule has 6 nitrogen and oxygen atoms in total. The fraction of sp³-hybridized carbons (Fsp3) is 0.348. The monoisotopic (exact) mass is 442 g/mol. The Kier molecular flexibility index (Phi) is 8.06. The van der Waals surface area contributed by atoms with E-state index < -0.39 is 5.25 Å². The molecule has 0 saturated heterocycles. The molecule has 0 radical (unpaired) electrons. The van der Waals surface area contributed by atoms with Crippen molar-refractivity contribution in [2.45, 2.75) is 50.8 Å². The second-order valence-corrected chi connectivity index (χ2v) is 8.90. The molecule has 0 aliphatic carbocycles. The van der Waals surface area contributed by atoms with Gasteiger partial charge in [-0.2, -0.15) is 0 Å². The van der Waals surface area contributed by atoms with Crippen LogP contribution in [-0.2, 0) is 17.9 Å². The first kappa shape index (κ1) is 22.8. The standard InChI is InChI=1S/C23H27FN4O2S/c1-16(2)13-14-28-21(15-30-20-7-5-4-6-8-20)26-27-23(28)31-17(3)22(29)25-19-11-9-18(24)10-12-19/h4-12,16-17H,13-15H2,1-3H3,(H,25,29). The van der Waals surface area contributed by atoms with Crippen molar-refractivity contribution in [3.63, 3.8) is 0 Å². The number of para-hydroxylation sites is 1. The van der Waals surface area contributed by atoms with Crippen LogP contribution in [0.25, 0.3) is 0 Å². The molecule has 0 bridgehead atoms. The van der Waals surface area contributed by atoms with Crippen LogP contribution in [0.15, 0.2) is 59.8 Å². The lowest BCUT2D eigenvalue weighted by atomic mass is 10.1. The number of ether oxygens (including phenoxy) is 1. The van der Waals surface area contributed by atoms with Gasteiger partial charge in [0.2, 0.25) is 5.91 Å². The van der Waals surface area contributed by atoms with E-state index >= 15 is 0 Å². The van der Waals surface area contributed by atoms with Gasteiger partial charge in [-0.3, -0.25) is 4.79 Å². The molecule has 0 aliphatic rings. The van der Waals surface area contributed by atoms with Crippen LogP contribution < -0.4 is 10.1 Å². The lowest BCUT2D eigenvalue weighted by Crippen LogP contribution is -2.23. The summed E-state index contributed by atoms with van der Waals surface area (Å²) in [5.41, 5.74) is 0.553. The highest BCUT2D eigenvalue weighted by atomic mass is 32.2. The van der Waals surface area contributed by atoms with Crippen LogP contribution in [0.1, 0.15) is 33.0 Å². The van der Waals surface area contributed by atoms with Crippen molar-refractivity contribution in [3.05, 3.63) is 66.2 Å². The Bertz CT molecular complexity index is 977. The van der Waals surface area contributed by atoms with E-state index in [9.17, 15) is 9.18 Å². The van der Waals surface area contributed by atoms with E-state index in [-0.39, 0.29) is 11.7 Å². The highest BCUT2D eigenvalue weighted by Crippen LogP contribution is 2.25. The number of carbonyl (C=O) groups excluding carboxylic acids is 1. The van der Waals surface area contributed by atoms with E-state index in [2.05, 4.69) is 29.4 Å². The molecule has 0 spiro atoms. The second kappa shape index (κ2) is 10.9. The van der Waals surface area contributed by atoms with Gasteiger partial charge in [0.25, 0.3) is 0 Å². The average molecular weight is 443 g/mol. The van der Waals surface area contributed by atoms with Crippen molar-refractivity contribution < 1.29 is 13.9 Å². The Balaban J connectivity index is 1.68. The van der Waals surface area contributed by atoms with Crippen LogP contribution in [0.5, 0.6) is 5.75 Å². The van der Waals surface area contributed by atoms with Crippen molar-refractivity contribution in [1.82, 2.24) is 14.8 Å². The van der Waals surface area contributed by atoms with Crippen LogP contribution in [0, 0.1) is 11.7 Å². The minimum Gasteiger partial charge on any atom is -0.486 e. The van der Waals surface area contributed by atoms with E-state index in [0.717, 1.165) is 24.5 Å². The minimum absolute atomic E-state index is 0.183. The molecule has 164 valence electrons. The van der Waals surface area contributed by atoms with Gasteiger partial charge in [0.05, 0.1) is 5.25 Å². The van der Waals surface area contributed by atoms with Gasteiger partial charge in [-0.1, -0.05) is 43.8 Å². The predicted molar refractivity (Wildman–Crippen MR) is 121 cm³/mol. The molecule has 0 aliphatic heterocycles. The molecule has 0 saturated carbocycles. The third-order valence-corrected chi connectivity index (χ3v) is 5.68. The summed E-state index contributed by atoms with van der Waals surface area (Å²) in [5.74, 6) is 1.48. The van der Waals surface area contributed by atoms with Gasteiger partial charge in [0.1, 0.15) is 18.2 Å².